The SMILES string of the molecule is COC(C)(C)CCC1CCCNC1. The quantitative estimate of drug-likeness (QED) is 0.725. The zero-order chi connectivity index (χ0) is 9.73. The lowest BCUT2D eigenvalue weighted by atomic mass is 9.90. The summed E-state index contributed by atoms with van der Waals surface area (Å²) in [4.78, 5) is 0. The van der Waals surface area contributed by atoms with Crippen LogP contribution in [0.1, 0.15) is 39.5 Å². The standard InChI is InChI=1S/C11H23NO/c1-11(2,13-3)7-6-10-5-4-8-12-9-10/h10,12H,4-9H2,1-3H3. The van der Waals surface area contributed by atoms with Crippen molar-refractivity contribution in [2.45, 2.75) is 45.1 Å². The van der Waals surface area contributed by atoms with Gasteiger partial charge in [0, 0.05) is 7.11 Å². The highest BCUT2D eigenvalue weighted by molar-refractivity contribution is 4.74. The molecule has 13 heavy (non-hydrogen) atoms. The molecule has 1 saturated heterocycles. The van der Waals surface area contributed by atoms with Crippen molar-refractivity contribution in [2.75, 3.05) is 20.2 Å². The van der Waals surface area contributed by atoms with E-state index >= 15 is 0 Å². The summed E-state index contributed by atoms with van der Waals surface area (Å²) >= 11 is 0. The van der Waals surface area contributed by atoms with Crippen molar-refractivity contribution >= 4 is 0 Å². The fourth-order valence-corrected chi connectivity index (χ4v) is 1.82. The monoisotopic (exact) mass is 185 g/mol. The average Bonchev–Trinajstić information content (AvgIpc) is 2.17. The fourth-order valence-electron chi connectivity index (χ4n) is 1.82. The smallest absolute Gasteiger partial charge is 0.0622 e. The van der Waals surface area contributed by atoms with Crippen LogP contribution in [0.25, 0.3) is 0 Å². The third-order valence-corrected chi connectivity index (χ3v) is 3.11. The first-order valence-electron chi connectivity index (χ1n) is 5.40. The Bertz CT molecular complexity index is 139. The van der Waals surface area contributed by atoms with E-state index in [0.717, 1.165) is 5.92 Å². The molecule has 1 heterocycles. The molecule has 1 atom stereocenters. The fraction of sp³-hybridized carbons (Fsp3) is 1.00. The van der Waals surface area contributed by atoms with E-state index in [1.165, 1.54) is 38.8 Å². The van der Waals surface area contributed by atoms with E-state index in [1.54, 1.807) is 7.11 Å². The summed E-state index contributed by atoms with van der Waals surface area (Å²) in [6.07, 6.45) is 5.22. The summed E-state index contributed by atoms with van der Waals surface area (Å²) in [5.41, 5.74) is 0.0669. The molecule has 1 rings (SSSR count). The number of rotatable bonds is 4. The van der Waals surface area contributed by atoms with Gasteiger partial charge in [-0.05, 0) is 58.5 Å². The van der Waals surface area contributed by atoms with Gasteiger partial charge in [-0.1, -0.05) is 0 Å². The van der Waals surface area contributed by atoms with Crippen LogP contribution in [-0.2, 0) is 4.74 Å². The van der Waals surface area contributed by atoms with Crippen molar-refractivity contribution in [2.24, 2.45) is 5.92 Å². The molecule has 0 aliphatic carbocycles. The Balaban J connectivity index is 2.17. The number of hydrogen-bond donors (Lipinski definition) is 1. The maximum Gasteiger partial charge on any atom is 0.0622 e. The van der Waals surface area contributed by atoms with Crippen LogP contribution >= 0.6 is 0 Å². The van der Waals surface area contributed by atoms with E-state index in [1.807, 2.05) is 0 Å². The third-order valence-electron chi connectivity index (χ3n) is 3.11. The zero-order valence-corrected chi connectivity index (χ0v) is 9.23. The van der Waals surface area contributed by atoms with Crippen molar-refractivity contribution < 1.29 is 4.74 Å². The molecule has 78 valence electrons. The van der Waals surface area contributed by atoms with Gasteiger partial charge in [-0.3, -0.25) is 0 Å². The molecule has 0 aromatic rings. The molecule has 1 fully saturated rings. The molecule has 1 aliphatic rings. The molecular weight excluding hydrogens is 162 g/mol. The second-order valence-corrected chi connectivity index (χ2v) is 4.71. The lowest BCUT2D eigenvalue weighted by molar-refractivity contribution is 0.00959. The van der Waals surface area contributed by atoms with E-state index in [4.69, 9.17) is 4.74 Å². The highest BCUT2D eigenvalue weighted by atomic mass is 16.5. The minimum atomic E-state index is 0.0669. The van der Waals surface area contributed by atoms with Crippen LogP contribution in [0.4, 0.5) is 0 Å². The Morgan fingerprint density at radius 3 is 2.77 bits per heavy atom. The van der Waals surface area contributed by atoms with Crippen molar-refractivity contribution in [3.05, 3.63) is 0 Å². The van der Waals surface area contributed by atoms with Gasteiger partial charge in [-0.15, -0.1) is 0 Å². The molecule has 0 bridgehead atoms. The normalized spacial score (nSPS) is 24.7. The molecule has 1 aliphatic heterocycles. The molecule has 0 spiro atoms. The first kappa shape index (κ1) is 11.0. The van der Waals surface area contributed by atoms with Crippen LogP contribution in [0.15, 0.2) is 0 Å². The first-order chi connectivity index (χ1) is 6.14. The summed E-state index contributed by atoms with van der Waals surface area (Å²) in [5.74, 6) is 0.878. The summed E-state index contributed by atoms with van der Waals surface area (Å²) in [5, 5.41) is 3.45. The Morgan fingerprint density at radius 1 is 1.46 bits per heavy atom. The largest absolute Gasteiger partial charge is 0.379 e. The number of piperidine rings is 1. The lowest BCUT2D eigenvalue weighted by Gasteiger charge is -2.28. The van der Waals surface area contributed by atoms with Crippen LogP contribution in [-0.4, -0.2) is 25.8 Å². The molecule has 1 unspecified atom stereocenters. The van der Waals surface area contributed by atoms with Crippen LogP contribution in [0.2, 0.25) is 0 Å². The Hall–Kier alpha value is -0.0800. The Kier molecular flexibility index (Phi) is 4.20. The third kappa shape index (κ3) is 4.10. The van der Waals surface area contributed by atoms with Crippen LogP contribution in [0.3, 0.4) is 0 Å². The number of hydrogen-bond acceptors (Lipinski definition) is 2. The summed E-state index contributed by atoms with van der Waals surface area (Å²) in [6, 6.07) is 0. The minimum Gasteiger partial charge on any atom is -0.379 e. The Morgan fingerprint density at radius 2 is 2.23 bits per heavy atom. The number of nitrogens with one attached hydrogen (secondary N) is 1. The molecule has 0 aromatic carbocycles. The van der Waals surface area contributed by atoms with Crippen molar-refractivity contribution in [1.82, 2.24) is 5.32 Å². The highest BCUT2D eigenvalue weighted by Gasteiger charge is 2.20. The highest BCUT2D eigenvalue weighted by Crippen LogP contribution is 2.22. The van der Waals surface area contributed by atoms with Gasteiger partial charge in [0.1, 0.15) is 0 Å². The molecule has 0 amide bonds. The van der Waals surface area contributed by atoms with Gasteiger partial charge in [-0.2, -0.15) is 0 Å². The summed E-state index contributed by atoms with van der Waals surface area (Å²) < 4.78 is 5.41. The summed E-state index contributed by atoms with van der Waals surface area (Å²) in [7, 11) is 1.80. The molecule has 0 radical (unpaired) electrons. The molecule has 0 saturated carbocycles. The zero-order valence-electron chi connectivity index (χ0n) is 9.23. The topological polar surface area (TPSA) is 21.3 Å². The van der Waals surface area contributed by atoms with Crippen LogP contribution < -0.4 is 5.32 Å². The van der Waals surface area contributed by atoms with Crippen LogP contribution in [0.5, 0.6) is 0 Å². The second-order valence-electron chi connectivity index (χ2n) is 4.71. The summed E-state index contributed by atoms with van der Waals surface area (Å²) in [6.45, 7) is 6.76. The van der Waals surface area contributed by atoms with Gasteiger partial charge >= 0.3 is 0 Å². The minimum absolute atomic E-state index is 0.0669. The van der Waals surface area contributed by atoms with E-state index < -0.39 is 0 Å². The first-order valence-corrected chi connectivity index (χ1v) is 5.40. The maximum atomic E-state index is 5.41. The molecular formula is C11H23NO. The molecule has 0 aromatic heterocycles. The van der Waals surface area contributed by atoms with Gasteiger partial charge in [0.05, 0.1) is 5.60 Å². The van der Waals surface area contributed by atoms with E-state index in [0.29, 0.717) is 0 Å². The van der Waals surface area contributed by atoms with Crippen molar-refractivity contribution in [3.63, 3.8) is 0 Å². The lowest BCUT2D eigenvalue weighted by Crippen LogP contribution is -2.31. The maximum absolute atomic E-state index is 5.41. The Labute approximate surface area is 82.0 Å². The molecule has 1 N–H and O–H groups in total. The molecule has 2 nitrogen and oxygen atoms in total. The van der Waals surface area contributed by atoms with Crippen molar-refractivity contribution in [1.29, 1.82) is 0 Å². The van der Waals surface area contributed by atoms with E-state index in [2.05, 4.69) is 19.2 Å². The van der Waals surface area contributed by atoms with Gasteiger partial charge in [0.15, 0.2) is 0 Å². The van der Waals surface area contributed by atoms with E-state index in [9.17, 15) is 0 Å². The molecule has 2 heteroatoms. The van der Waals surface area contributed by atoms with E-state index in [-0.39, 0.29) is 5.60 Å². The number of ether oxygens (including phenoxy) is 1. The van der Waals surface area contributed by atoms with Gasteiger partial charge in [-0.25, -0.2) is 0 Å². The van der Waals surface area contributed by atoms with Gasteiger partial charge in [0.2, 0.25) is 0 Å². The van der Waals surface area contributed by atoms with Gasteiger partial charge < -0.3 is 10.1 Å². The predicted octanol–water partition coefficient (Wildman–Crippen LogP) is 2.19. The second kappa shape index (κ2) is 4.97. The number of methoxy groups -OCH3 is 1. The predicted molar refractivity (Wildman–Crippen MR) is 55.9 cm³/mol. The van der Waals surface area contributed by atoms with Crippen molar-refractivity contribution in [3.8, 4) is 0 Å². The van der Waals surface area contributed by atoms with Gasteiger partial charge in [0.25, 0.3) is 0 Å². The van der Waals surface area contributed by atoms with Crippen LogP contribution in [0, 0.1) is 5.92 Å². The average molecular weight is 185 g/mol.